The first-order valence-electron chi connectivity index (χ1n) is 8.02. The lowest BCUT2D eigenvalue weighted by atomic mass is 10.0. The first kappa shape index (κ1) is 18.9. The molecule has 0 aliphatic carbocycles. The van der Waals surface area contributed by atoms with Gasteiger partial charge in [0.1, 0.15) is 0 Å². The Bertz CT molecular complexity index is 725. The topological polar surface area (TPSA) is 61.4 Å². The van der Waals surface area contributed by atoms with E-state index in [2.05, 4.69) is 10.6 Å². The van der Waals surface area contributed by atoms with Crippen molar-refractivity contribution in [1.82, 2.24) is 5.32 Å². The zero-order chi connectivity index (χ0) is 18.4. The third-order valence-electron chi connectivity index (χ3n) is 3.93. The van der Waals surface area contributed by atoms with Crippen LogP contribution < -0.4 is 10.6 Å². The van der Waals surface area contributed by atoms with Crippen LogP contribution in [0.1, 0.15) is 29.2 Å². The van der Waals surface area contributed by atoms with Crippen LogP contribution in [0.3, 0.4) is 0 Å². The van der Waals surface area contributed by atoms with Gasteiger partial charge in [0.2, 0.25) is 0 Å². The number of aryl methyl sites for hydroxylation is 1. The molecular weight excluding hydrogens is 326 g/mol. The fourth-order valence-corrected chi connectivity index (χ4v) is 2.53. The van der Waals surface area contributed by atoms with E-state index in [1.807, 2.05) is 19.1 Å². The minimum atomic E-state index is -2.88. The number of alkyl halides is 2. The molecule has 0 atom stereocenters. The Hall–Kier alpha value is -2.47. The van der Waals surface area contributed by atoms with E-state index < -0.39 is 12.0 Å². The minimum Gasteiger partial charge on any atom is -0.396 e. The molecule has 0 aromatic heterocycles. The maximum atomic E-state index is 13.2. The predicted octanol–water partition coefficient (Wildman–Crippen LogP) is 3.96. The van der Waals surface area contributed by atoms with E-state index in [1.54, 1.807) is 18.2 Å². The number of aliphatic hydroxyl groups excluding tert-OH is 1. The second-order valence-corrected chi connectivity index (χ2v) is 5.97. The van der Waals surface area contributed by atoms with Gasteiger partial charge in [0.05, 0.1) is 0 Å². The average molecular weight is 348 g/mol. The quantitative estimate of drug-likeness (QED) is 0.740. The van der Waals surface area contributed by atoms with E-state index >= 15 is 0 Å². The Morgan fingerprint density at radius 1 is 1.16 bits per heavy atom. The SMILES string of the molecule is Cc1cccc(NC(=O)NCc2ccc(C(C)(F)F)cc2)c1CCO. The van der Waals surface area contributed by atoms with Crippen LogP contribution in [-0.2, 0) is 18.9 Å². The lowest BCUT2D eigenvalue weighted by Gasteiger charge is -2.14. The third-order valence-corrected chi connectivity index (χ3v) is 3.93. The summed E-state index contributed by atoms with van der Waals surface area (Å²) in [6.07, 6.45) is 0.453. The summed E-state index contributed by atoms with van der Waals surface area (Å²) in [7, 11) is 0. The van der Waals surface area contributed by atoms with Crippen molar-refractivity contribution in [2.45, 2.75) is 32.7 Å². The Kier molecular flexibility index (Phi) is 6.09. The largest absolute Gasteiger partial charge is 0.396 e. The van der Waals surface area contributed by atoms with Crippen molar-refractivity contribution in [3.05, 3.63) is 64.7 Å². The number of amides is 2. The van der Waals surface area contributed by atoms with Crippen LogP contribution in [0.4, 0.5) is 19.3 Å². The molecule has 0 spiro atoms. The summed E-state index contributed by atoms with van der Waals surface area (Å²) < 4.78 is 26.4. The molecule has 0 aliphatic heterocycles. The number of halogens is 2. The first-order chi connectivity index (χ1) is 11.8. The van der Waals surface area contributed by atoms with Crippen molar-refractivity contribution in [1.29, 1.82) is 0 Å². The van der Waals surface area contributed by atoms with Crippen molar-refractivity contribution in [3.8, 4) is 0 Å². The maximum absolute atomic E-state index is 13.2. The summed E-state index contributed by atoms with van der Waals surface area (Å²) in [5.74, 6) is -2.88. The molecule has 3 N–H and O–H groups in total. The molecule has 0 radical (unpaired) electrons. The van der Waals surface area contributed by atoms with Gasteiger partial charge in [-0.1, -0.05) is 36.4 Å². The van der Waals surface area contributed by atoms with Gasteiger partial charge < -0.3 is 15.7 Å². The summed E-state index contributed by atoms with van der Waals surface area (Å²) >= 11 is 0. The fraction of sp³-hybridized carbons (Fsp3) is 0.316. The van der Waals surface area contributed by atoms with Gasteiger partial charge in [-0.15, -0.1) is 0 Å². The summed E-state index contributed by atoms with van der Waals surface area (Å²) in [5, 5.41) is 14.6. The van der Waals surface area contributed by atoms with Gasteiger partial charge in [-0.3, -0.25) is 0 Å². The number of carbonyl (C=O) groups is 1. The number of aliphatic hydroxyl groups is 1. The fourth-order valence-electron chi connectivity index (χ4n) is 2.53. The number of hydrogen-bond acceptors (Lipinski definition) is 2. The molecule has 0 bridgehead atoms. The van der Waals surface area contributed by atoms with Gasteiger partial charge in [-0.05, 0) is 36.1 Å². The van der Waals surface area contributed by atoms with Crippen LogP contribution in [0.5, 0.6) is 0 Å². The molecule has 0 unspecified atom stereocenters. The van der Waals surface area contributed by atoms with E-state index in [0.717, 1.165) is 23.6 Å². The van der Waals surface area contributed by atoms with Crippen molar-refractivity contribution >= 4 is 11.7 Å². The van der Waals surface area contributed by atoms with E-state index in [4.69, 9.17) is 5.11 Å². The molecule has 2 rings (SSSR count). The number of rotatable bonds is 6. The molecular formula is C19H22F2N2O2. The lowest BCUT2D eigenvalue weighted by molar-refractivity contribution is 0.0174. The summed E-state index contributed by atoms with van der Waals surface area (Å²) in [4.78, 5) is 12.1. The minimum absolute atomic E-state index is 0.00440. The molecule has 134 valence electrons. The average Bonchev–Trinajstić information content (AvgIpc) is 2.56. The molecule has 2 amide bonds. The monoisotopic (exact) mass is 348 g/mol. The van der Waals surface area contributed by atoms with Crippen LogP contribution in [-0.4, -0.2) is 17.7 Å². The molecule has 25 heavy (non-hydrogen) atoms. The molecule has 0 saturated heterocycles. The molecule has 2 aromatic carbocycles. The zero-order valence-corrected chi connectivity index (χ0v) is 14.3. The molecule has 0 aliphatic rings. The molecule has 0 heterocycles. The number of carbonyl (C=O) groups excluding carboxylic acids is 1. The van der Waals surface area contributed by atoms with E-state index in [0.29, 0.717) is 12.1 Å². The summed E-state index contributed by atoms with van der Waals surface area (Å²) in [5.41, 5.74) is 3.18. The van der Waals surface area contributed by atoms with Crippen molar-refractivity contribution in [2.24, 2.45) is 0 Å². The Labute approximate surface area is 145 Å². The highest BCUT2D eigenvalue weighted by Crippen LogP contribution is 2.26. The lowest BCUT2D eigenvalue weighted by Crippen LogP contribution is -2.28. The highest BCUT2D eigenvalue weighted by atomic mass is 19.3. The Morgan fingerprint density at radius 3 is 2.44 bits per heavy atom. The van der Waals surface area contributed by atoms with Crippen molar-refractivity contribution in [2.75, 3.05) is 11.9 Å². The van der Waals surface area contributed by atoms with Crippen LogP contribution in [0.25, 0.3) is 0 Å². The number of nitrogens with one attached hydrogen (secondary N) is 2. The van der Waals surface area contributed by atoms with Crippen molar-refractivity contribution in [3.63, 3.8) is 0 Å². The third kappa shape index (κ3) is 5.26. The van der Waals surface area contributed by atoms with Gasteiger partial charge in [0, 0.05) is 31.3 Å². The van der Waals surface area contributed by atoms with Gasteiger partial charge in [-0.25, -0.2) is 13.6 Å². The number of hydrogen-bond donors (Lipinski definition) is 3. The van der Waals surface area contributed by atoms with E-state index in [9.17, 15) is 13.6 Å². The van der Waals surface area contributed by atoms with Crippen LogP contribution in [0.2, 0.25) is 0 Å². The number of urea groups is 1. The second kappa shape index (κ2) is 8.07. The second-order valence-electron chi connectivity index (χ2n) is 5.97. The Balaban J connectivity index is 1.96. The number of benzene rings is 2. The maximum Gasteiger partial charge on any atom is 0.319 e. The molecule has 4 nitrogen and oxygen atoms in total. The van der Waals surface area contributed by atoms with Gasteiger partial charge >= 0.3 is 6.03 Å². The van der Waals surface area contributed by atoms with Crippen LogP contribution >= 0.6 is 0 Å². The molecule has 2 aromatic rings. The molecule has 0 fully saturated rings. The van der Waals surface area contributed by atoms with Crippen molar-refractivity contribution < 1.29 is 18.7 Å². The highest BCUT2D eigenvalue weighted by Gasteiger charge is 2.23. The van der Waals surface area contributed by atoms with E-state index in [1.165, 1.54) is 12.1 Å². The molecule has 0 saturated carbocycles. The summed E-state index contributed by atoms with van der Waals surface area (Å²) in [6, 6.07) is 11.0. The normalized spacial score (nSPS) is 11.2. The van der Waals surface area contributed by atoms with Crippen LogP contribution in [0.15, 0.2) is 42.5 Å². The van der Waals surface area contributed by atoms with E-state index in [-0.39, 0.29) is 18.7 Å². The first-order valence-corrected chi connectivity index (χ1v) is 8.02. The predicted molar refractivity (Wildman–Crippen MR) is 93.8 cm³/mol. The van der Waals surface area contributed by atoms with Gasteiger partial charge in [0.15, 0.2) is 0 Å². The Morgan fingerprint density at radius 2 is 1.84 bits per heavy atom. The van der Waals surface area contributed by atoms with Crippen LogP contribution in [0, 0.1) is 6.92 Å². The smallest absolute Gasteiger partial charge is 0.319 e. The van der Waals surface area contributed by atoms with Gasteiger partial charge in [0.25, 0.3) is 5.92 Å². The van der Waals surface area contributed by atoms with Gasteiger partial charge in [-0.2, -0.15) is 0 Å². The molecule has 6 heteroatoms. The highest BCUT2D eigenvalue weighted by molar-refractivity contribution is 5.90. The zero-order valence-electron chi connectivity index (χ0n) is 14.3. The number of anilines is 1. The standard InChI is InChI=1S/C19H22F2N2O2/c1-13-4-3-5-17(16(13)10-11-24)23-18(25)22-12-14-6-8-15(9-7-14)19(2,20)21/h3-9,24H,10-12H2,1-2H3,(H2,22,23,25). The summed E-state index contributed by atoms with van der Waals surface area (Å²) in [6.45, 7) is 2.98.